The molecule has 0 heterocycles. The van der Waals surface area contributed by atoms with Crippen LogP contribution in [0, 0.1) is 5.82 Å². The third kappa shape index (κ3) is 2.27. The van der Waals surface area contributed by atoms with E-state index in [2.05, 4.69) is 0 Å². The van der Waals surface area contributed by atoms with Gasteiger partial charge in [0.2, 0.25) is 0 Å². The van der Waals surface area contributed by atoms with Gasteiger partial charge >= 0.3 is 0 Å². The van der Waals surface area contributed by atoms with Crippen molar-refractivity contribution in [1.82, 2.24) is 0 Å². The molecule has 1 aromatic rings. The zero-order valence-corrected chi connectivity index (χ0v) is 8.20. The predicted molar refractivity (Wildman–Crippen MR) is 49.9 cm³/mol. The lowest BCUT2D eigenvalue weighted by atomic mass is 9.84. The zero-order chi connectivity index (χ0) is 10.1. The molecule has 0 unspecified atom stereocenters. The van der Waals surface area contributed by atoms with Crippen molar-refractivity contribution in [2.75, 3.05) is 0 Å². The molecule has 72 valence electrons. The van der Waals surface area contributed by atoms with E-state index in [1.165, 1.54) is 12.1 Å². The molecule has 0 saturated carbocycles. The van der Waals surface area contributed by atoms with Gasteiger partial charge in [-0.25, -0.2) is 8.78 Å². The zero-order valence-electron chi connectivity index (χ0n) is 8.20. The number of alkyl halides is 1. The first-order valence-electron chi connectivity index (χ1n) is 4.30. The molecule has 0 fully saturated rings. The molecule has 0 aromatic heterocycles. The SMILES string of the molecule is CC(C)(C)c1ccc(F)cc1CF. The second-order valence-electron chi connectivity index (χ2n) is 4.19. The maximum atomic E-state index is 12.8. The molecule has 0 aliphatic heterocycles. The summed E-state index contributed by atoms with van der Waals surface area (Å²) in [6.07, 6.45) is 0. The lowest BCUT2D eigenvalue weighted by molar-refractivity contribution is 0.467. The summed E-state index contributed by atoms with van der Waals surface area (Å²) >= 11 is 0. The van der Waals surface area contributed by atoms with Gasteiger partial charge < -0.3 is 0 Å². The van der Waals surface area contributed by atoms with Crippen LogP contribution in [0.1, 0.15) is 31.9 Å². The molecule has 0 atom stereocenters. The van der Waals surface area contributed by atoms with Crippen LogP contribution in [-0.2, 0) is 12.1 Å². The summed E-state index contributed by atoms with van der Waals surface area (Å²) in [6.45, 7) is 5.35. The van der Waals surface area contributed by atoms with E-state index in [0.29, 0.717) is 5.56 Å². The van der Waals surface area contributed by atoms with E-state index in [-0.39, 0.29) is 11.2 Å². The van der Waals surface area contributed by atoms with Crippen molar-refractivity contribution < 1.29 is 8.78 Å². The fraction of sp³-hybridized carbons (Fsp3) is 0.455. The monoisotopic (exact) mass is 184 g/mol. The quantitative estimate of drug-likeness (QED) is 0.625. The lowest BCUT2D eigenvalue weighted by Crippen LogP contribution is -2.13. The number of rotatable bonds is 1. The summed E-state index contributed by atoms with van der Waals surface area (Å²) in [7, 11) is 0. The van der Waals surface area contributed by atoms with E-state index in [1.54, 1.807) is 6.07 Å². The minimum atomic E-state index is -0.607. The number of halogens is 2. The Morgan fingerprint density at radius 2 is 1.85 bits per heavy atom. The minimum absolute atomic E-state index is 0.130. The fourth-order valence-corrected chi connectivity index (χ4v) is 1.40. The van der Waals surface area contributed by atoms with Crippen LogP contribution in [0.5, 0.6) is 0 Å². The van der Waals surface area contributed by atoms with Crippen molar-refractivity contribution in [3.63, 3.8) is 0 Å². The molecule has 1 aromatic carbocycles. The van der Waals surface area contributed by atoms with Gasteiger partial charge in [0.25, 0.3) is 0 Å². The maximum Gasteiger partial charge on any atom is 0.123 e. The maximum absolute atomic E-state index is 12.8. The summed E-state index contributed by atoms with van der Waals surface area (Å²) < 4.78 is 25.3. The van der Waals surface area contributed by atoms with Gasteiger partial charge in [0.1, 0.15) is 12.5 Å². The van der Waals surface area contributed by atoms with Gasteiger partial charge in [-0.05, 0) is 28.7 Å². The first-order valence-corrected chi connectivity index (χ1v) is 4.30. The molecule has 13 heavy (non-hydrogen) atoms. The molecule has 0 amide bonds. The van der Waals surface area contributed by atoms with E-state index in [1.807, 2.05) is 20.8 Å². The summed E-state index contributed by atoms with van der Waals surface area (Å²) in [5.74, 6) is -0.374. The normalized spacial score (nSPS) is 11.8. The van der Waals surface area contributed by atoms with Crippen molar-refractivity contribution in [3.05, 3.63) is 35.1 Å². The van der Waals surface area contributed by atoms with Crippen LogP contribution >= 0.6 is 0 Å². The van der Waals surface area contributed by atoms with Gasteiger partial charge in [-0.15, -0.1) is 0 Å². The van der Waals surface area contributed by atoms with Crippen molar-refractivity contribution >= 4 is 0 Å². The average molecular weight is 184 g/mol. The molecule has 0 spiro atoms. The molecule has 0 radical (unpaired) electrons. The predicted octanol–water partition coefficient (Wildman–Crippen LogP) is 3.59. The van der Waals surface area contributed by atoms with E-state index in [4.69, 9.17) is 0 Å². The lowest BCUT2D eigenvalue weighted by Gasteiger charge is -2.21. The van der Waals surface area contributed by atoms with Crippen LogP contribution in [0.2, 0.25) is 0 Å². The van der Waals surface area contributed by atoms with Crippen LogP contribution in [0.4, 0.5) is 8.78 Å². The standard InChI is InChI=1S/C11H14F2/c1-11(2,3)10-5-4-9(13)6-8(10)7-12/h4-6H,7H2,1-3H3. The second-order valence-corrected chi connectivity index (χ2v) is 4.19. The van der Waals surface area contributed by atoms with Gasteiger partial charge in [-0.2, -0.15) is 0 Å². The molecule has 0 saturated heterocycles. The first kappa shape index (κ1) is 10.2. The van der Waals surface area contributed by atoms with Crippen LogP contribution in [0.25, 0.3) is 0 Å². The number of hydrogen-bond acceptors (Lipinski definition) is 0. The molecule has 0 N–H and O–H groups in total. The van der Waals surface area contributed by atoms with Crippen LogP contribution in [0.3, 0.4) is 0 Å². The molecule has 0 aliphatic rings. The summed E-state index contributed by atoms with van der Waals surface area (Å²) in [5, 5.41) is 0. The Labute approximate surface area is 77.6 Å². The Bertz CT molecular complexity index is 297. The molecular weight excluding hydrogens is 170 g/mol. The topological polar surface area (TPSA) is 0 Å². The Hall–Kier alpha value is -0.920. The van der Waals surface area contributed by atoms with E-state index in [9.17, 15) is 8.78 Å². The van der Waals surface area contributed by atoms with Gasteiger partial charge in [0.15, 0.2) is 0 Å². The second kappa shape index (κ2) is 3.44. The third-order valence-corrected chi connectivity index (χ3v) is 2.02. The first-order chi connectivity index (χ1) is 5.95. The van der Waals surface area contributed by atoms with Crippen molar-refractivity contribution in [2.45, 2.75) is 32.9 Å². The molecule has 0 nitrogen and oxygen atoms in total. The Morgan fingerprint density at radius 1 is 1.23 bits per heavy atom. The Morgan fingerprint density at radius 3 is 2.31 bits per heavy atom. The summed E-state index contributed by atoms with van der Waals surface area (Å²) in [6, 6.07) is 4.30. The van der Waals surface area contributed by atoms with Crippen LogP contribution < -0.4 is 0 Å². The van der Waals surface area contributed by atoms with E-state index < -0.39 is 6.67 Å². The molecule has 2 heteroatoms. The largest absolute Gasteiger partial charge is 0.246 e. The van der Waals surface area contributed by atoms with Gasteiger partial charge in [0.05, 0.1) is 0 Å². The van der Waals surface area contributed by atoms with Crippen molar-refractivity contribution in [3.8, 4) is 0 Å². The summed E-state index contributed by atoms with van der Waals surface area (Å²) in [5.41, 5.74) is 1.19. The molecule has 1 rings (SSSR count). The average Bonchev–Trinajstić information content (AvgIpc) is 2.01. The van der Waals surface area contributed by atoms with Crippen molar-refractivity contribution in [2.24, 2.45) is 0 Å². The van der Waals surface area contributed by atoms with Crippen LogP contribution in [-0.4, -0.2) is 0 Å². The highest BCUT2D eigenvalue weighted by Crippen LogP contribution is 2.26. The minimum Gasteiger partial charge on any atom is -0.246 e. The van der Waals surface area contributed by atoms with Gasteiger partial charge in [-0.1, -0.05) is 26.8 Å². The Kier molecular flexibility index (Phi) is 2.69. The highest BCUT2D eigenvalue weighted by Gasteiger charge is 2.17. The number of hydrogen-bond donors (Lipinski definition) is 0. The van der Waals surface area contributed by atoms with E-state index in [0.717, 1.165) is 5.56 Å². The van der Waals surface area contributed by atoms with Crippen molar-refractivity contribution in [1.29, 1.82) is 0 Å². The smallest absolute Gasteiger partial charge is 0.123 e. The highest BCUT2D eigenvalue weighted by molar-refractivity contribution is 5.32. The summed E-state index contributed by atoms with van der Waals surface area (Å²) in [4.78, 5) is 0. The highest BCUT2D eigenvalue weighted by atomic mass is 19.1. The molecule has 0 bridgehead atoms. The van der Waals surface area contributed by atoms with Gasteiger partial charge in [0, 0.05) is 0 Å². The Balaban J connectivity index is 3.22. The van der Waals surface area contributed by atoms with E-state index >= 15 is 0 Å². The van der Waals surface area contributed by atoms with Gasteiger partial charge in [-0.3, -0.25) is 0 Å². The molecule has 0 aliphatic carbocycles. The fourth-order valence-electron chi connectivity index (χ4n) is 1.40. The van der Waals surface area contributed by atoms with Crippen LogP contribution in [0.15, 0.2) is 18.2 Å². The third-order valence-electron chi connectivity index (χ3n) is 2.02. The molecular formula is C11H14F2. The number of benzene rings is 1.